The van der Waals surface area contributed by atoms with Gasteiger partial charge in [0.2, 0.25) is 11.8 Å². The minimum Gasteiger partial charge on any atom is -0.394 e. The van der Waals surface area contributed by atoms with E-state index in [0.29, 0.717) is 38.8 Å². The Morgan fingerprint density at radius 1 is 1.14 bits per heavy atom. The number of nitrogens with zero attached hydrogens (tertiary/aromatic N) is 3. The summed E-state index contributed by atoms with van der Waals surface area (Å²) in [6.45, 7) is 20.8. The molecule has 3 aliphatic heterocycles. The smallest absolute Gasteiger partial charge is 0.253 e. The lowest BCUT2D eigenvalue weighted by atomic mass is 9.64. The Kier molecular flexibility index (Phi) is 9.92. The zero-order chi connectivity index (χ0) is 31.7. The van der Waals surface area contributed by atoms with Crippen LogP contribution in [0.3, 0.4) is 0 Å². The number of rotatable bonds is 14. The fraction of sp³-hybridized carbons (Fsp3) is 0.629. The summed E-state index contributed by atoms with van der Waals surface area (Å²) >= 11 is 0. The van der Waals surface area contributed by atoms with Gasteiger partial charge in [0.15, 0.2) is 0 Å². The van der Waals surface area contributed by atoms with Crippen molar-refractivity contribution in [1.29, 1.82) is 0 Å². The van der Waals surface area contributed by atoms with E-state index in [2.05, 4.69) is 13.2 Å². The fourth-order valence-electron chi connectivity index (χ4n) is 8.03. The molecule has 6 atom stereocenters. The van der Waals surface area contributed by atoms with E-state index in [-0.39, 0.29) is 36.8 Å². The molecule has 3 saturated heterocycles. The van der Waals surface area contributed by atoms with Gasteiger partial charge >= 0.3 is 0 Å². The van der Waals surface area contributed by atoms with Crippen LogP contribution >= 0.6 is 0 Å². The molecule has 2 bridgehead atoms. The monoisotopic (exact) mass is 593 g/mol. The van der Waals surface area contributed by atoms with E-state index in [4.69, 9.17) is 4.74 Å². The quantitative estimate of drug-likeness (QED) is 0.313. The lowest BCUT2D eigenvalue weighted by Crippen LogP contribution is -2.59. The molecule has 1 N–H and O–H groups in total. The van der Waals surface area contributed by atoms with E-state index in [1.54, 1.807) is 26.9 Å². The summed E-state index contributed by atoms with van der Waals surface area (Å²) in [5, 5.41) is 10.7. The van der Waals surface area contributed by atoms with Gasteiger partial charge in [-0.1, -0.05) is 52.0 Å². The van der Waals surface area contributed by atoms with Crippen LogP contribution in [0.4, 0.5) is 5.69 Å². The molecular weight excluding hydrogens is 542 g/mol. The fourth-order valence-corrected chi connectivity index (χ4v) is 8.03. The van der Waals surface area contributed by atoms with Crippen molar-refractivity contribution in [2.24, 2.45) is 17.8 Å². The number of ether oxygens (including phenoxy) is 1. The predicted molar refractivity (Wildman–Crippen MR) is 170 cm³/mol. The molecule has 0 aromatic heterocycles. The van der Waals surface area contributed by atoms with Gasteiger partial charge in [-0.25, -0.2) is 0 Å². The van der Waals surface area contributed by atoms with Crippen LogP contribution in [0.5, 0.6) is 0 Å². The van der Waals surface area contributed by atoms with Crippen LogP contribution in [0, 0.1) is 31.6 Å². The van der Waals surface area contributed by atoms with Gasteiger partial charge in [0.05, 0.1) is 30.1 Å². The van der Waals surface area contributed by atoms with Gasteiger partial charge in [-0.2, -0.15) is 0 Å². The number of carbonyl (C=O) groups is 3. The van der Waals surface area contributed by atoms with E-state index in [1.165, 1.54) is 0 Å². The van der Waals surface area contributed by atoms with E-state index >= 15 is 4.79 Å². The Hall–Kier alpha value is -2.97. The summed E-state index contributed by atoms with van der Waals surface area (Å²) in [5.74, 6) is -1.98. The molecule has 0 saturated carbocycles. The second-order valence-electron chi connectivity index (χ2n) is 13.1. The van der Waals surface area contributed by atoms with Gasteiger partial charge in [-0.3, -0.25) is 14.4 Å². The number of anilines is 1. The molecule has 0 aliphatic carbocycles. The van der Waals surface area contributed by atoms with Crippen molar-refractivity contribution < 1.29 is 24.2 Å². The molecular formula is C35H51N3O5. The number of aliphatic hydroxyl groups excluding tert-OH is 1. The van der Waals surface area contributed by atoms with Crippen LogP contribution in [-0.2, 0) is 19.1 Å². The second kappa shape index (κ2) is 12.9. The zero-order valence-corrected chi connectivity index (χ0v) is 27.0. The minimum absolute atomic E-state index is 0.113. The third-order valence-electron chi connectivity index (χ3n) is 9.85. The molecule has 8 heteroatoms. The van der Waals surface area contributed by atoms with Crippen LogP contribution in [0.2, 0.25) is 0 Å². The predicted octanol–water partition coefficient (Wildman–Crippen LogP) is 4.81. The van der Waals surface area contributed by atoms with Crippen LogP contribution in [0.15, 0.2) is 43.5 Å². The molecule has 43 heavy (non-hydrogen) atoms. The highest BCUT2D eigenvalue weighted by molar-refractivity contribution is 6.05. The second-order valence-corrected chi connectivity index (χ2v) is 13.1. The third kappa shape index (κ3) is 5.46. The Morgan fingerprint density at radius 2 is 1.84 bits per heavy atom. The normalized spacial score (nSPS) is 28.2. The van der Waals surface area contributed by atoms with Gasteiger partial charge in [0.1, 0.15) is 11.6 Å². The first-order valence-electron chi connectivity index (χ1n) is 16.0. The maximum atomic E-state index is 15.0. The molecule has 0 radical (unpaired) electrons. The van der Waals surface area contributed by atoms with Crippen molar-refractivity contribution in [3.63, 3.8) is 0 Å². The van der Waals surface area contributed by atoms with Crippen molar-refractivity contribution in [3.05, 3.63) is 54.6 Å². The number of aryl methyl sites for hydroxylation is 2. The van der Waals surface area contributed by atoms with Crippen molar-refractivity contribution in [3.8, 4) is 0 Å². The van der Waals surface area contributed by atoms with E-state index in [9.17, 15) is 14.7 Å². The van der Waals surface area contributed by atoms with Gasteiger partial charge in [0.25, 0.3) is 5.91 Å². The van der Waals surface area contributed by atoms with E-state index < -0.39 is 35.1 Å². The molecule has 8 nitrogen and oxygen atoms in total. The Balaban J connectivity index is 1.91. The third-order valence-corrected chi connectivity index (χ3v) is 9.85. The Labute approximate surface area is 257 Å². The highest BCUT2D eigenvalue weighted by atomic mass is 16.5. The Morgan fingerprint density at radius 3 is 2.42 bits per heavy atom. The number of benzene rings is 1. The Bertz CT molecular complexity index is 1250. The first kappa shape index (κ1) is 32.9. The summed E-state index contributed by atoms with van der Waals surface area (Å²) in [6.07, 6.45) is 6.36. The molecule has 3 aliphatic rings. The maximum Gasteiger partial charge on any atom is 0.253 e. The molecule has 236 valence electrons. The van der Waals surface area contributed by atoms with Gasteiger partial charge < -0.3 is 24.5 Å². The van der Waals surface area contributed by atoms with Crippen LogP contribution in [0.1, 0.15) is 70.9 Å². The molecule has 4 rings (SSSR count). The average Bonchev–Trinajstić information content (AvgIpc) is 3.58. The highest BCUT2D eigenvalue weighted by Crippen LogP contribution is 2.65. The highest BCUT2D eigenvalue weighted by Gasteiger charge is 2.79. The average molecular weight is 594 g/mol. The van der Waals surface area contributed by atoms with Gasteiger partial charge in [0, 0.05) is 25.3 Å². The van der Waals surface area contributed by atoms with Crippen LogP contribution < -0.4 is 4.90 Å². The molecule has 3 fully saturated rings. The zero-order valence-electron chi connectivity index (χ0n) is 27.0. The summed E-state index contributed by atoms with van der Waals surface area (Å²) in [7, 11) is 0. The number of likely N-dealkylation sites (tertiary alicyclic amines) is 1. The number of hydrogen-bond donors (Lipinski definition) is 1. The van der Waals surface area contributed by atoms with Crippen molar-refractivity contribution in [2.75, 3.05) is 31.1 Å². The minimum atomic E-state index is -1.17. The topological polar surface area (TPSA) is 90.4 Å². The number of aliphatic hydroxyl groups is 1. The number of hydrogen-bond acceptors (Lipinski definition) is 5. The largest absolute Gasteiger partial charge is 0.394 e. The molecule has 3 amide bonds. The standard InChI is InChI=1S/C35H51N3O5/c1-9-17-36(18-10-2)31(40)28-29-32(41)38(26(22-39)20-23(5)6)30(35(29)16-15-34(28,12-4)43-35)33(42)37(19-11-3)27-21-24(7)13-14-25(27)8/h9,11,13-14,21,23,26,28-30,39H,1,3,10,12,15-20,22H2,2,4-8H3/t26-,28+,29+,30?,34-,35?/m1/s1. The number of fused-ring (bicyclic) bond motifs is 1. The lowest BCUT2D eigenvalue weighted by molar-refractivity contribution is -0.154. The summed E-state index contributed by atoms with van der Waals surface area (Å²) in [6, 6.07) is 4.42. The number of carbonyl (C=O) groups excluding carboxylic acids is 3. The van der Waals surface area contributed by atoms with Crippen molar-refractivity contribution in [1.82, 2.24) is 9.80 Å². The molecule has 1 aromatic rings. The van der Waals surface area contributed by atoms with E-state index in [1.807, 2.05) is 59.7 Å². The van der Waals surface area contributed by atoms with Gasteiger partial charge in [-0.05, 0) is 69.1 Å². The lowest BCUT2D eigenvalue weighted by Gasteiger charge is -2.40. The number of amides is 3. The molecule has 1 spiro atoms. The molecule has 1 aromatic carbocycles. The van der Waals surface area contributed by atoms with Gasteiger partial charge in [-0.15, -0.1) is 13.2 Å². The SMILES string of the molecule is C=CCN(CCC)C(=O)[C@@H]1[C@H]2C(=O)N([C@@H](CO)CC(C)C)C(C(=O)N(CC=C)c3cc(C)ccc3C)C23CC[C@@]1(CC)O3. The van der Waals surface area contributed by atoms with Crippen molar-refractivity contribution >= 4 is 23.4 Å². The molecule has 2 unspecified atom stereocenters. The van der Waals surface area contributed by atoms with Crippen LogP contribution in [-0.4, -0.2) is 82.2 Å². The first-order valence-corrected chi connectivity index (χ1v) is 16.0. The molecule has 3 heterocycles. The summed E-state index contributed by atoms with van der Waals surface area (Å²) in [5.41, 5.74) is 0.702. The first-order chi connectivity index (χ1) is 20.5. The van der Waals surface area contributed by atoms with Crippen molar-refractivity contribution in [2.45, 2.75) is 96.9 Å². The summed E-state index contributed by atoms with van der Waals surface area (Å²) in [4.78, 5) is 49.2. The van der Waals surface area contributed by atoms with E-state index in [0.717, 1.165) is 23.2 Å². The maximum absolute atomic E-state index is 15.0. The van der Waals surface area contributed by atoms with Crippen LogP contribution in [0.25, 0.3) is 0 Å². The summed E-state index contributed by atoms with van der Waals surface area (Å²) < 4.78 is 7.02.